The van der Waals surface area contributed by atoms with Crippen LogP contribution in [0.2, 0.25) is 0 Å². The van der Waals surface area contributed by atoms with E-state index < -0.39 is 0 Å². The topological polar surface area (TPSA) is 18.5 Å². The smallest absolute Gasteiger partial charge is 0.00385 e. The van der Waals surface area contributed by atoms with Gasteiger partial charge in [-0.15, -0.1) is 0 Å². The highest BCUT2D eigenvalue weighted by molar-refractivity contribution is 4.64. The second kappa shape index (κ2) is 17.2. The monoisotopic (exact) mass is 315 g/mol. The molecular weight excluding hydrogens is 270 g/mol. The van der Waals surface area contributed by atoms with E-state index in [1.54, 1.807) is 0 Å². The zero-order valence-corrected chi connectivity index (χ0v) is 16.9. The highest BCUT2D eigenvalue weighted by Gasteiger charge is 2.08. The predicted molar refractivity (Wildman–Crippen MR) is 103 cm³/mol. The van der Waals surface area contributed by atoms with Crippen LogP contribution in [0.3, 0.4) is 0 Å². The van der Waals surface area contributed by atoms with Gasteiger partial charge in [0.05, 0.1) is 0 Å². The SMILES string of the molecule is CC.CCN(C)CCCCN(CCCCNC(C)C)C(C)C. The van der Waals surface area contributed by atoms with Gasteiger partial charge in [-0.1, -0.05) is 34.6 Å². The zero-order chi connectivity index (χ0) is 17.4. The van der Waals surface area contributed by atoms with Crippen LogP contribution in [0.25, 0.3) is 0 Å². The lowest BCUT2D eigenvalue weighted by molar-refractivity contribution is 0.208. The zero-order valence-electron chi connectivity index (χ0n) is 16.9. The molecule has 0 rings (SSSR count). The van der Waals surface area contributed by atoms with Gasteiger partial charge in [0, 0.05) is 12.1 Å². The summed E-state index contributed by atoms with van der Waals surface area (Å²) in [5, 5.41) is 3.50. The Morgan fingerprint density at radius 3 is 1.77 bits per heavy atom. The summed E-state index contributed by atoms with van der Waals surface area (Å²) in [6.45, 7) is 21.4. The molecule has 3 heteroatoms. The van der Waals surface area contributed by atoms with Crippen LogP contribution in [0.1, 0.15) is 74.1 Å². The van der Waals surface area contributed by atoms with Crippen molar-refractivity contribution in [2.24, 2.45) is 0 Å². The maximum atomic E-state index is 3.50. The van der Waals surface area contributed by atoms with Gasteiger partial charge in [0.15, 0.2) is 0 Å². The first-order chi connectivity index (χ1) is 10.5. The van der Waals surface area contributed by atoms with E-state index in [9.17, 15) is 0 Å². The summed E-state index contributed by atoms with van der Waals surface area (Å²) in [5.74, 6) is 0. The largest absolute Gasteiger partial charge is 0.315 e. The Morgan fingerprint density at radius 1 is 0.818 bits per heavy atom. The standard InChI is InChI=1S/C17H39N3.C2H6/c1-7-19(6)13-10-11-15-20(17(4)5)14-9-8-12-18-16(2)3;1-2/h16-18H,7-15H2,1-6H3;1-2H3. The minimum Gasteiger partial charge on any atom is -0.315 e. The molecule has 0 saturated carbocycles. The van der Waals surface area contributed by atoms with Crippen LogP contribution >= 0.6 is 0 Å². The maximum Gasteiger partial charge on any atom is 0.00385 e. The van der Waals surface area contributed by atoms with E-state index in [1.165, 1.54) is 45.3 Å². The Hall–Kier alpha value is -0.120. The summed E-state index contributed by atoms with van der Waals surface area (Å²) < 4.78 is 0. The fourth-order valence-corrected chi connectivity index (χ4v) is 2.31. The van der Waals surface area contributed by atoms with Crippen molar-refractivity contribution in [3.8, 4) is 0 Å². The van der Waals surface area contributed by atoms with Gasteiger partial charge < -0.3 is 15.1 Å². The van der Waals surface area contributed by atoms with Crippen LogP contribution < -0.4 is 5.32 Å². The molecule has 136 valence electrons. The number of hydrogen-bond donors (Lipinski definition) is 1. The van der Waals surface area contributed by atoms with Crippen molar-refractivity contribution in [1.29, 1.82) is 0 Å². The third kappa shape index (κ3) is 16.3. The summed E-state index contributed by atoms with van der Waals surface area (Å²) in [4.78, 5) is 5.04. The summed E-state index contributed by atoms with van der Waals surface area (Å²) in [6.07, 6.45) is 5.25. The molecule has 0 bridgehead atoms. The lowest BCUT2D eigenvalue weighted by Gasteiger charge is -2.27. The average Bonchev–Trinajstić information content (AvgIpc) is 2.50. The fraction of sp³-hybridized carbons (Fsp3) is 1.00. The van der Waals surface area contributed by atoms with Crippen molar-refractivity contribution in [1.82, 2.24) is 15.1 Å². The van der Waals surface area contributed by atoms with Crippen LogP contribution in [0.4, 0.5) is 0 Å². The molecule has 0 aromatic heterocycles. The molecule has 0 aliphatic rings. The minimum absolute atomic E-state index is 0.617. The lowest BCUT2D eigenvalue weighted by Crippen LogP contribution is -2.34. The Bertz CT molecular complexity index is 205. The van der Waals surface area contributed by atoms with E-state index >= 15 is 0 Å². The maximum absolute atomic E-state index is 3.50. The Labute approximate surface area is 141 Å². The molecule has 0 aromatic rings. The normalized spacial score (nSPS) is 11.5. The van der Waals surface area contributed by atoms with Gasteiger partial charge in [0.1, 0.15) is 0 Å². The van der Waals surface area contributed by atoms with Crippen molar-refractivity contribution in [2.75, 3.05) is 39.8 Å². The van der Waals surface area contributed by atoms with Gasteiger partial charge in [-0.3, -0.25) is 0 Å². The van der Waals surface area contributed by atoms with Gasteiger partial charge in [-0.05, 0) is 79.3 Å². The van der Waals surface area contributed by atoms with E-state index in [0.717, 1.165) is 13.1 Å². The summed E-state index contributed by atoms with van der Waals surface area (Å²) in [5.41, 5.74) is 0. The van der Waals surface area contributed by atoms with Crippen molar-refractivity contribution in [3.05, 3.63) is 0 Å². The number of hydrogen-bond acceptors (Lipinski definition) is 3. The van der Waals surface area contributed by atoms with Crippen molar-refractivity contribution < 1.29 is 0 Å². The first kappa shape index (κ1) is 24.1. The molecule has 0 heterocycles. The van der Waals surface area contributed by atoms with Gasteiger partial charge >= 0.3 is 0 Å². The van der Waals surface area contributed by atoms with Gasteiger partial charge in [0.2, 0.25) is 0 Å². The van der Waals surface area contributed by atoms with E-state index in [2.05, 4.69) is 56.8 Å². The molecule has 0 unspecified atom stereocenters. The second-order valence-electron chi connectivity index (χ2n) is 6.55. The highest BCUT2D eigenvalue weighted by atomic mass is 15.1. The van der Waals surface area contributed by atoms with E-state index in [-0.39, 0.29) is 0 Å². The van der Waals surface area contributed by atoms with E-state index in [4.69, 9.17) is 0 Å². The molecule has 3 nitrogen and oxygen atoms in total. The van der Waals surface area contributed by atoms with Crippen molar-refractivity contribution in [2.45, 2.75) is 86.2 Å². The molecule has 0 aliphatic carbocycles. The second-order valence-corrected chi connectivity index (χ2v) is 6.55. The highest BCUT2D eigenvalue weighted by Crippen LogP contribution is 2.05. The average molecular weight is 316 g/mol. The molecule has 0 spiro atoms. The Morgan fingerprint density at radius 2 is 1.32 bits per heavy atom. The molecule has 0 saturated heterocycles. The predicted octanol–water partition coefficient (Wildman–Crippen LogP) is 4.23. The summed E-state index contributed by atoms with van der Waals surface area (Å²) >= 11 is 0. The number of rotatable bonds is 13. The van der Waals surface area contributed by atoms with Gasteiger partial charge in [0.25, 0.3) is 0 Å². The van der Waals surface area contributed by atoms with Crippen LogP contribution in [0, 0.1) is 0 Å². The van der Waals surface area contributed by atoms with Crippen LogP contribution in [0.5, 0.6) is 0 Å². The molecule has 1 N–H and O–H groups in total. The van der Waals surface area contributed by atoms with Crippen molar-refractivity contribution >= 4 is 0 Å². The van der Waals surface area contributed by atoms with E-state index in [1.807, 2.05) is 13.8 Å². The molecule has 0 aliphatic heterocycles. The molecule has 0 atom stereocenters. The number of unbranched alkanes of at least 4 members (excludes halogenated alkanes) is 2. The van der Waals surface area contributed by atoms with Gasteiger partial charge in [-0.25, -0.2) is 0 Å². The van der Waals surface area contributed by atoms with E-state index in [0.29, 0.717) is 12.1 Å². The van der Waals surface area contributed by atoms with Crippen molar-refractivity contribution in [3.63, 3.8) is 0 Å². The number of nitrogens with one attached hydrogen (secondary N) is 1. The first-order valence-corrected chi connectivity index (χ1v) is 9.63. The molecule has 0 radical (unpaired) electrons. The Kier molecular flexibility index (Phi) is 18.9. The number of nitrogens with zero attached hydrogens (tertiary/aromatic N) is 2. The van der Waals surface area contributed by atoms with Crippen LogP contribution in [-0.4, -0.2) is 61.7 Å². The van der Waals surface area contributed by atoms with Crippen LogP contribution in [-0.2, 0) is 0 Å². The fourth-order valence-electron chi connectivity index (χ4n) is 2.31. The molecule has 0 aromatic carbocycles. The quantitative estimate of drug-likeness (QED) is 0.513. The third-order valence-electron chi connectivity index (χ3n) is 3.93. The molecular formula is C19H45N3. The Balaban J connectivity index is 0. The molecule has 0 amide bonds. The third-order valence-corrected chi connectivity index (χ3v) is 3.93. The molecule has 22 heavy (non-hydrogen) atoms. The van der Waals surface area contributed by atoms with Crippen LogP contribution in [0.15, 0.2) is 0 Å². The summed E-state index contributed by atoms with van der Waals surface area (Å²) in [6, 6.07) is 1.30. The van der Waals surface area contributed by atoms with Gasteiger partial charge in [-0.2, -0.15) is 0 Å². The summed E-state index contributed by atoms with van der Waals surface area (Å²) in [7, 11) is 2.21. The lowest BCUT2D eigenvalue weighted by atomic mass is 10.2. The molecule has 0 fully saturated rings. The first-order valence-electron chi connectivity index (χ1n) is 9.63. The minimum atomic E-state index is 0.617.